The summed E-state index contributed by atoms with van der Waals surface area (Å²) in [4.78, 5) is 6.51. The molecular formula is C15H28N4S. The molecule has 1 saturated carbocycles. The van der Waals surface area contributed by atoms with Crippen LogP contribution >= 0.6 is 11.8 Å². The Kier molecular flexibility index (Phi) is 5.38. The molecule has 0 aliphatic heterocycles. The van der Waals surface area contributed by atoms with Gasteiger partial charge in [-0.05, 0) is 19.1 Å². The van der Waals surface area contributed by atoms with Crippen LogP contribution in [0.5, 0.6) is 0 Å². The van der Waals surface area contributed by atoms with Gasteiger partial charge in [-0.15, -0.1) is 0 Å². The first-order valence-corrected chi connectivity index (χ1v) is 8.74. The van der Waals surface area contributed by atoms with Crippen LogP contribution in [-0.2, 0) is 13.6 Å². The van der Waals surface area contributed by atoms with Gasteiger partial charge in [0, 0.05) is 39.0 Å². The van der Waals surface area contributed by atoms with E-state index in [1.807, 2.05) is 37.0 Å². The highest BCUT2D eigenvalue weighted by molar-refractivity contribution is 8.00. The molecule has 2 rings (SSSR count). The molecule has 1 fully saturated rings. The van der Waals surface area contributed by atoms with E-state index in [-0.39, 0.29) is 0 Å². The van der Waals surface area contributed by atoms with E-state index in [2.05, 4.69) is 28.2 Å². The Bertz CT molecular complexity index is 422. The van der Waals surface area contributed by atoms with Crippen molar-refractivity contribution in [1.29, 1.82) is 0 Å². The smallest absolute Gasteiger partial charge is 0.204 e. The van der Waals surface area contributed by atoms with Crippen LogP contribution in [0.3, 0.4) is 0 Å². The average molecular weight is 296 g/mol. The average Bonchev–Trinajstić information content (AvgIpc) is 2.81. The third kappa shape index (κ3) is 3.50. The lowest BCUT2D eigenvalue weighted by Gasteiger charge is -2.36. The lowest BCUT2D eigenvalue weighted by Crippen LogP contribution is -2.39. The largest absolute Gasteiger partial charge is 0.348 e. The summed E-state index contributed by atoms with van der Waals surface area (Å²) in [5.41, 5.74) is 1.25. The summed E-state index contributed by atoms with van der Waals surface area (Å²) in [6.45, 7) is 2.01. The number of nitrogens with zero attached hydrogens (tertiary/aromatic N) is 3. The third-order valence-electron chi connectivity index (χ3n) is 4.41. The Morgan fingerprint density at radius 3 is 2.60 bits per heavy atom. The number of imidazole rings is 1. The SMILES string of the molecule is CSC1(CNCc2cnc(N(C)C)n2C)CCCCC1. The molecule has 0 radical (unpaired) electrons. The van der Waals surface area contributed by atoms with Crippen molar-refractivity contribution >= 4 is 17.7 Å². The summed E-state index contributed by atoms with van der Waals surface area (Å²) in [6, 6.07) is 0. The maximum Gasteiger partial charge on any atom is 0.204 e. The van der Waals surface area contributed by atoms with Gasteiger partial charge in [0.2, 0.25) is 5.95 Å². The van der Waals surface area contributed by atoms with Gasteiger partial charge in [-0.3, -0.25) is 0 Å². The third-order valence-corrected chi connectivity index (χ3v) is 5.83. The van der Waals surface area contributed by atoms with E-state index < -0.39 is 0 Å². The molecule has 5 heteroatoms. The molecule has 114 valence electrons. The van der Waals surface area contributed by atoms with E-state index in [1.54, 1.807) is 0 Å². The van der Waals surface area contributed by atoms with Crippen LogP contribution in [0.15, 0.2) is 6.20 Å². The lowest BCUT2D eigenvalue weighted by molar-refractivity contribution is 0.378. The van der Waals surface area contributed by atoms with Crippen LogP contribution in [-0.4, -0.2) is 41.2 Å². The molecule has 1 aromatic heterocycles. The van der Waals surface area contributed by atoms with E-state index in [1.165, 1.54) is 37.8 Å². The minimum Gasteiger partial charge on any atom is -0.348 e. The fourth-order valence-corrected chi connectivity index (χ4v) is 4.02. The Balaban J connectivity index is 1.89. The minimum atomic E-state index is 0.460. The summed E-state index contributed by atoms with van der Waals surface area (Å²) in [5, 5.41) is 3.66. The van der Waals surface area contributed by atoms with E-state index >= 15 is 0 Å². The van der Waals surface area contributed by atoms with E-state index in [9.17, 15) is 0 Å². The van der Waals surface area contributed by atoms with Crippen LogP contribution in [0.25, 0.3) is 0 Å². The highest BCUT2D eigenvalue weighted by Crippen LogP contribution is 2.37. The second-order valence-corrected chi connectivity index (χ2v) is 7.33. The molecule has 20 heavy (non-hydrogen) atoms. The van der Waals surface area contributed by atoms with Crippen LogP contribution in [0.4, 0.5) is 5.95 Å². The number of rotatable bonds is 6. The predicted octanol–water partition coefficient (Wildman–Crippen LogP) is 2.64. The van der Waals surface area contributed by atoms with Crippen LogP contribution < -0.4 is 10.2 Å². The van der Waals surface area contributed by atoms with Gasteiger partial charge in [-0.25, -0.2) is 4.98 Å². The van der Waals surface area contributed by atoms with Crippen molar-refractivity contribution in [2.75, 3.05) is 31.8 Å². The van der Waals surface area contributed by atoms with Gasteiger partial charge in [0.1, 0.15) is 0 Å². The first kappa shape index (κ1) is 15.7. The molecule has 0 saturated heterocycles. The second-order valence-electron chi connectivity index (χ2n) is 6.05. The molecule has 0 spiro atoms. The molecule has 1 aliphatic rings. The number of nitrogens with one attached hydrogen (secondary N) is 1. The zero-order chi connectivity index (χ0) is 14.6. The van der Waals surface area contributed by atoms with Crippen LogP contribution in [0.2, 0.25) is 0 Å². The first-order chi connectivity index (χ1) is 9.58. The number of anilines is 1. The summed E-state index contributed by atoms with van der Waals surface area (Å²) in [7, 11) is 6.15. The van der Waals surface area contributed by atoms with Crippen molar-refractivity contribution in [2.45, 2.75) is 43.4 Å². The van der Waals surface area contributed by atoms with E-state index in [4.69, 9.17) is 0 Å². The van der Waals surface area contributed by atoms with Gasteiger partial charge in [0.05, 0.1) is 11.9 Å². The molecule has 1 aliphatic carbocycles. The minimum absolute atomic E-state index is 0.460. The highest BCUT2D eigenvalue weighted by atomic mass is 32.2. The van der Waals surface area contributed by atoms with Crippen molar-refractivity contribution < 1.29 is 0 Å². The van der Waals surface area contributed by atoms with Crippen LogP contribution in [0, 0.1) is 0 Å². The fraction of sp³-hybridized carbons (Fsp3) is 0.800. The quantitative estimate of drug-likeness (QED) is 0.875. The van der Waals surface area contributed by atoms with Gasteiger partial charge in [-0.2, -0.15) is 11.8 Å². The fourth-order valence-electron chi connectivity index (χ4n) is 3.08. The first-order valence-electron chi connectivity index (χ1n) is 7.52. The van der Waals surface area contributed by atoms with Crippen molar-refractivity contribution in [2.24, 2.45) is 7.05 Å². The molecule has 1 heterocycles. The summed E-state index contributed by atoms with van der Waals surface area (Å²) < 4.78 is 2.63. The maximum absolute atomic E-state index is 4.46. The number of hydrogen-bond donors (Lipinski definition) is 1. The molecule has 0 bridgehead atoms. The van der Waals surface area contributed by atoms with Crippen molar-refractivity contribution in [1.82, 2.24) is 14.9 Å². The van der Waals surface area contributed by atoms with Gasteiger partial charge < -0.3 is 14.8 Å². The van der Waals surface area contributed by atoms with Gasteiger partial charge in [0.25, 0.3) is 0 Å². The molecule has 1 aromatic rings. The van der Waals surface area contributed by atoms with Crippen molar-refractivity contribution in [3.05, 3.63) is 11.9 Å². The maximum atomic E-state index is 4.46. The Morgan fingerprint density at radius 1 is 1.35 bits per heavy atom. The zero-order valence-corrected chi connectivity index (χ0v) is 14.1. The number of thioether (sulfide) groups is 1. The molecule has 1 N–H and O–H groups in total. The standard InChI is InChI=1S/C15H28N4S/c1-18(2)14-17-11-13(19(14)3)10-16-12-15(20-4)8-6-5-7-9-15/h11,16H,5-10,12H2,1-4H3. The summed E-state index contributed by atoms with van der Waals surface area (Å²) in [5.74, 6) is 1.01. The molecular weight excluding hydrogens is 268 g/mol. The van der Waals surface area contributed by atoms with Crippen LogP contribution in [0.1, 0.15) is 37.8 Å². The Labute approximate surface area is 127 Å². The highest BCUT2D eigenvalue weighted by Gasteiger charge is 2.30. The van der Waals surface area contributed by atoms with Crippen molar-refractivity contribution in [3.8, 4) is 0 Å². The molecule has 0 aromatic carbocycles. The van der Waals surface area contributed by atoms with E-state index in [0.29, 0.717) is 4.75 Å². The van der Waals surface area contributed by atoms with Crippen molar-refractivity contribution in [3.63, 3.8) is 0 Å². The monoisotopic (exact) mass is 296 g/mol. The zero-order valence-electron chi connectivity index (χ0n) is 13.3. The lowest BCUT2D eigenvalue weighted by atomic mass is 9.88. The second kappa shape index (κ2) is 6.85. The van der Waals surface area contributed by atoms with Gasteiger partial charge in [-0.1, -0.05) is 19.3 Å². The van der Waals surface area contributed by atoms with Gasteiger partial charge >= 0.3 is 0 Å². The Morgan fingerprint density at radius 2 is 2.05 bits per heavy atom. The topological polar surface area (TPSA) is 33.1 Å². The molecule has 0 atom stereocenters. The summed E-state index contributed by atoms with van der Waals surface area (Å²) in [6.07, 6.45) is 11.1. The summed E-state index contributed by atoms with van der Waals surface area (Å²) >= 11 is 2.05. The normalized spacial score (nSPS) is 18.2. The van der Waals surface area contributed by atoms with E-state index in [0.717, 1.165) is 19.0 Å². The molecule has 0 amide bonds. The molecule has 4 nitrogen and oxygen atoms in total. The predicted molar refractivity (Wildman–Crippen MR) is 88.6 cm³/mol. The number of hydrogen-bond acceptors (Lipinski definition) is 4. The Hall–Kier alpha value is -0.680. The molecule has 0 unspecified atom stereocenters. The van der Waals surface area contributed by atoms with Gasteiger partial charge in [0.15, 0.2) is 0 Å². The number of aromatic nitrogens is 2.